The summed E-state index contributed by atoms with van der Waals surface area (Å²) >= 11 is 0. The summed E-state index contributed by atoms with van der Waals surface area (Å²) in [6.07, 6.45) is 0.602. The lowest BCUT2D eigenvalue weighted by molar-refractivity contribution is -0.121. The highest BCUT2D eigenvalue weighted by molar-refractivity contribution is 6.25. The molecule has 7 nitrogen and oxygen atoms in total. The van der Waals surface area contributed by atoms with E-state index >= 15 is 0 Å². The van der Waals surface area contributed by atoms with Crippen LogP contribution in [-0.2, 0) is 11.3 Å². The van der Waals surface area contributed by atoms with Crippen LogP contribution in [0.15, 0.2) is 60.7 Å². The van der Waals surface area contributed by atoms with Crippen molar-refractivity contribution >= 4 is 39.5 Å². The molecule has 1 aromatic heterocycles. The molecule has 0 saturated heterocycles. The topological polar surface area (TPSA) is 95.2 Å². The molecule has 1 aliphatic heterocycles. The second-order valence-electron chi connectivity index (χ2n) is 7.55. The maximum Gasteiger partial charge on any atom is 0.261 e. The molecule has 2 N–H and O–H groups in total. The van der Waals surface area contributed by atoms with Gasteiger partial charge in [-0.2, -0.15) is 0 Å². The second-order valence-corrected chi connectivity index (χ2v) is 7.55. The number of para-hydroxylation sites is 2. The number of carbonyl (C=O) groups excluding carboxylic acids is 3. The number of benzene rings is 3. The summed E-state index contributed by atoms with van der Waals surface area (Å²) in [6.45, 7) is 0.491. The minimum absolute atomic E-state index is 0.153. The lowest BCUT2D eigenvalue weighted by Gasteiger charge is -2.27. The molecule has 0 aliphatic carbocycles. The number of hydrogen-bond donors (Lipinski definition) is 2. The number of aromatic amines is 1. The van der Waals surface area contributed by atoms with Crippen LogP contribution in [0.3, 0.4) is 0 Å². The summed E-state index contributed by atoms with van der Waals surface area (Å²) in [6, 6.07) is 18.6. The zero-order valence-corrected chi connectivity index (χ0v) is 16.7. The van der Waals surface area contributed by atoms with E-state index in [0.717, 1.165) is 16.4 Å². The Bertz CT molecular complexity index is 1260. The van der Waals surface area contributed by atoms with E-state index in [1.807, 2.05) is 48.5 Å². The molecule has 7 heteroatoms. The lowest BCUT2D eigenvalue weighted by atomic mass is 9.94. The number of fused-ring (bicyclic) bond motifs is 1. The van der Waals surface area contributed by atoms with Crippen molar-refractivity contribution in [3.63, 3.8) is 0 Å². The van der Waals surface area contributed by atoms with Crippen molar-refractivity contribution in [1.29, 1.82) is 0 Å². The van der Waals surface area contributed by atoms with Crippen LogP contribution in [-0.4, -0.2) is 39.1 Å². The Morgan fingerprint density at radius 3 is 2.35 bits per heavy atom. The molecule has 0 saturated carbocycles. The average Bonchev–Trinajstić information content (AvgIpc) is 3.21. The van der Waals surface area contributed by atoms with Gasteiger partial charge >= 0.3 is 0 Å². The first kappa shape index (κ1) is 19.0. The fourth-order valence-electron chi connectivity index (χ4n) is 4.04. The zero-order chi connectivity index (χ0) is 21.4. The SMILES string of the molecule is O=C(CCCN1C(=O)c2cccc3cccc(c23)C1=O)NCc1nc2ccccc2[nH]1. The number of carbonyl (C=O) groups is 3. The van der Waals surface area contributed by atoms with Crippen LogP contribution < -0.4 is 5.32 Å². The van der Waals surface area contributed by atoms with Crippen molar-refractivity contribution in [2.45, 2.75) is 19.4 Å². The molecule has 5 rings (SSSR count). The highest BCUT2D eigenvalue weighted by Crippen LogP contribution is 2.30. The number of nitrogens with zero attached hydrogens (tertiary/aromatic N) is 2. The molecule has 0 atom stereocenters. The Hall–Kier alpha value is -4.00. The molecular formula is C24H20N4O3. The quantitative estimate of drug-likeness (QED) is 0.475. The van der Waals surface area contributed by atoms with Gasteiger partial charge in [0.05, 0.1) is 17.6 Å². The van der Waals surface area contributed by atoms with Crippen LogP contribution in [0.1, 0.15) is 39.4 Å². The van der Waals surface area contributed by atoms with E-state index < -0.39 is 0 Å². The van der Waals surface area contributed by atoms with Crippen molar-refractivity contribution in [1.82, 2.24) is 20.2 Å². The molecule has 3 aromatic carbocycles. The molecule has 0 radical (unpaired) electrons. The molecule has 0 bridgehead atoms. The summed E-state index contributed by atoms with van der Waals surface area (Å²) < 4.78 is 0. The maximum atomic E-state index is 12.9. The van der Waals surface area contributed by atoms with E-state index in [0.29, 0.717) is 35.3 Å². The van der Waals surface area contributed by atoms with Crippen molar-refractivity contribution in [3.8, 4) is 0 Å². The second kappa shape index (κ2) is 7.68. The minimum Gasteiger partial charge on any atom is -0.349 e. The van der Waals surface area contributed by atoms with Gasteiger partial charge in [0, 0.05) is 29.5 Å². The Morgan fingerprint density at radius 1 is 0.935 bits per heavy atom. The molecule has 154 valence electrons. The number of H-pyrrole nitrogens is 1. The highest BCUT2D eigenvalue weighted by Gasteiger charge is 2.32. The van der Waals surface area contributed by atoms with Crippen LogP contribution >= 0.6 is 0 Å². The number of imide groups is 1. The number of amides is 3. The van der Waals surface area contributed by atoms with Gasteiger partial charge in [-0.1, -0.05) is 36.4 Å². The molecule has 2 heterocycles. The molecule has 1 aliphatic rings. The van der Waals surface area contributed by atoms with E-state index in [-0.39, 0.29) is 30.7 Å². The number of nitrogens with one attached hydrogen (secondary N) is 2. The summed E-state index contributed by atoms with van der Waals surface area (Å²) in [5, 5.41) is 4.42. The van der Waals surface area contributed by atoms with Crippen LogP contribution in [0.5, 0.6) is 0 Å². The molecule has 4 aromatic rings. The van der Waals surface area contributed by atoms with E-state index in [2.05, 4.69) is 15.3 Å². The fourth-order valence-corrected chi connectivity index (χ4v) is 4.04. The van der Waals surface area contributed by atoms with Crippen molar-refractivity contribution in [2.24, 2.45) is 0 Å². The van der Waals surface area contributed by atoms with Gasteiger partial charge < -0.3 is 10.3 Å². The molecule has 0 spiro atoms. The van der Waals surface area contributed by atoms with Crippen LogP contribution in [0.25, 0.3) is 21.8 Å². The largest absolute Gasteiger partial charge is 0.349 e. The summed E-state index contributed by atoms with van der Waals surface area (Å²) in [7, 11) is 0. The normalized spacial score (nSPS) is 13.2. The zero-order valence-electron chi connectivity index (χ0n) is 16.7. The lowest BCUT2D eigenvalue weighted by Crippen LogP contribution is -2.41. The van der Waals surface area contributed by atoms with Gasteiger partial charge in [0.15, 0.2) is 0 Å². The van der Waals surface area contributed by atoms with Gasteiger partial charge in [0.1, 0.15) is 5.82 Å². The first-order chi connectivity index (χ1) is 15.1. The van der Waals surface area contributed by atoms with Gasteiger partial charge in [-0.15, -0.1) is 0 Å². The monoisotopic (exact) mass is 412 g/mol. The van der Waals surface area contributed by atoms with E-state index in [1.165, 1.54) is 4.90 Å². The predicted octanol–water partition coefficient (Wildman–Crippen LogP) is 3.41. The predicted molar refractivity (Wildman–Crippen MR) is 116 cm³/mol. The summed E-state index contributed by atoms with van der Waals surface area (Å²) in [5.74, 6) is -0.0885. The Labute approximate surface area is 178 Å². The van der Waals surface area contributed by atoms with Crippen LogP contribution in [0, 0.1) is 0 Å². The fraction of sp³-hybridized carbons (Fsp3) is 0.167. The van der Waals surface area contributed by atoms with Gasteiger partial charge in [-0.05, 0) is 36.1 Å². The van der Waals surface area contributed by atoms with E-state index in [9.17, 15) is 14.4 Å². The maximum absolute atomic E-state index is 12.9. The van der Waals surface area contributed by atoms with Crippen molar-refractivity contribution in [2.75, 3.05) is 6.54 Å². The average molecular weight is 412 g/mol. The van der Waals surface area contributed by atoms with E-state index in [4.69, 9.17) is 0 Å². The van der Waals surface area contributed by atoms with Gasteiger partial charge in [-0.25, -0.2) is 4.98 Å². The summed E-state index contributed by atoms with van der Waals surface area (Å²) in [5.41, 5.74) is 2.83. The Balaban J connectivity index is 1.20. The van der Waals surface area contributed by atoms with Crippen LogP contribution in [0.2, 0.25) is 0 Å². The van der Waals surface area contributed by atoms with Crippen molar-refractivity contribution in [3.05, 3.63) is 77.6 Å². The number of aromatic nitrogens is 2. The third kappa shape index (κ3) is 3.44. The van der Waals surface area contributed by atoms with Crippen molar-refractivity contribution < 1.29 is 14.4 Å². The molecular weight excluding hydrogens is 392 g/mol. The smallest absolute Gasteiger partial charge is 0.261 e. The van der Waals surface area contributed by atoms with Crippen LogP contribution in [0.4, 0.5) is 0 Å². The van der Waals surface area contributed by atoms with Gasteiger partial charge in [0.25, 0.3) is 11.8 Å². The highest BCUT2D eigenvalue weighted by atomic mass is 16.2. The number of hydrogen-bond acceptors (Lipinski definition) is 4. The van der Waals surface area contributed by atoms with Gasteiger partial charge in [0.2, 0.25) is 5.91 Å². The molecule has 0 unspecified atom stereocenters. The molecule has 31 heavy (non-hydrogen) atoms. The third-order valence-corrected chi connectivity index (χ3v) is 5.53. The van der Waals surface area contributed by atoms with Gasteiger partial charge in [-0.3, -0.25) is 19.3 Å². The first-order valence-electron chi connectivity index (χ1n) is 10.2. The first-order valence-corrected chi connectivity index (χ1v) is 10.2. The number of imidazole rings is 1. The molecule has 0 fully saturated rings. The standard InChI is InChI=1S/C24H20N4O3/c29-21(25-14-20-26-18-10-1-2-11-19(18)27-20)12-5-13-28-23(30)16-8-3-6-15-7-4-9-17(22(15)16)24(28)31/h1-4,6-11H,5,12-14H2,(H,25,29)(H,26,27). The number of rotatable bonds is 6. The third-order valence-electron chi connectivity index (χ3n) is 5.53. The Kier molecular flexibility index (Phi) is 4.71. The Morgan fingerprint density at radius 2 is 1.65 bits per heavy atom. The minimum atomic E-state index is -0.308. The van der Waals surface area contributed by atoms with E-state index in [1.54, 1.807) is 12.1 Å². The molecule has 3 amide bonds. The summed E-state index contributed by atoms with van der Waals surface area (Å²) in [4.78, 5) is 46.8.